The fraction of sp³-hybridized carbons (Fsp3) is 0.333. The van der Waals surface area contributed by atoms with Crippen molar-refractivity contribution < 1.29 is 13.2 Å². The van der Waals surface area contributed by atoms with Crippen LogP contribution < -0.4 is 9.46 Å². The summed E-state index contributed by atoms with van der Waals surface area (Å²) in [6.45, 7) is 4.31. The van der Waals surface area contributed by atoms with Gasteiger partial charge in [-0.05, 0) is 42.2 Å². The van der Waals surface area contributed by atoms with Gasteiger partial charge >= 0.3 is 0 Å². The first-order valence-corrected chi connectivity index (χ1v) is 11.4. The second-order valence-corrected chi connectivity index (χ2v) is 9.10. The van der Waals surface area contributed by atoms with Gasteiger partial charge in [-0.1, -0.05) is 43.6 Å². The lowest BCUT2D eigenvalue weighted by Crippen LogP contribution is -2.25. The molecule has 1 heterocycles. The topological polar surface area (TPSA) is 71.2 Å². The number of hydrogen-bond acceptors (Lipinski definition) is 3. The number of nitrogens with one attached hydrogen (secondary N) is 2. The molecule has 2 aromatic carbocycles. The number of para-hydroxylation sites is 1. The zero-order valence-corrected chi connectivity index (χ0v) is 18.0. The smallest absolute Gasteiger partial charge is 0.229 e. The Bertz CT molecular complexity index is 1100. The molecule has 0 aliphatic rings. The van der Waals surface area contributed by atoms with Crippen molar-refractivity contribution in [1.29, 1.82) is 0 Å². The van der Waals surface area contributed by atoms with Gasteiger partial charge in [0.15, 0.2) is 0 Å². The van der Waals surface area contributed by atoms with E-state index in [0.717, 1.165) is 41.1 Å². The predicted molar refractivity (Wildman–Crippen MR) is 116 cm³/mol. The number of hydrogen-bond donors (Lipinski definition) is 2. The van der Waals surface area contributed by atoms with Crippen LogP contribution in [0.25, 0.3) is 10.9 Å². The SMILES string of the molecule is CCC(CC)(c1ccc(Cl)c(OC)c1)c1c[nH]c2c(NS(C)(=O)=O)cccc12. The second-order valence-electron chi connectivity index (χ2n) is 6.94. The summed E-state index contributed by atoms with van der Waals surface area (Å²) in [6.07, 6.45) is 4.86. The molecule has 0 aliphatic carbocycles. The van der Waals surface area contributed by atoms with E-state index < -0.39 is 10.0 Å². The van der Waals surface area contributed by atoms with Gasteiger partial charge in [0.1, 0.15) is 5.75 Å². The van der Waals surface area contributed by atoms with E-state index in [2.05, 4.69) is 23.6 Å². The van der Waals surface area contributed by atoms with Crippen molar-refractivity contribution in [3.05, 3.63) is 58.7 Å². The molecule has 0 aliphatic heterocycles. The molecule has 0 atom stereocenters. The van der Waals surface area contributed by atoms with Crippen LogP contribution in [0.1, 0.15) is 37.8 Å². The van der Waals surface area contributed by atoms with Crippen LogP contribution in [0, 0.1) is 0 Å². The third kappa shape index (κ3) is 3.59. The number of halogens is 1. The lowest BCUT2D eigenvalue weighted by molar-refractivity contribution is 0.410. The number of aromatic amines is 1. The molecule has 5 nitrogen and oxygen atoms in total. The van der Waals surface area contributed by atoms with Gasteiger partial charge in [0.2, 0.25) is 10.0 Å². The third-order valence-corrected chi connectivity index (χ3v) is 6.34. The normalized spacial score (nSPS) is 12.3. The largest absolute Gasteiger partial charge is 0.495 e. The molecule has 3 aromatic rings. The van der Waals surface area contributed by atoms with E-state index in [1.165, 1.54) is 0 Å². The number of aromatic nitrogens is 1. The standard InChI is InChI=1S/C21H25ClN2O3S/c1-5-21(6-2,14-10-11-17(22)19(12-14)27-3)16-13-23-20-15(16)8-7-9-18(20)24-28(4,25)26/h7-13,23-24H,5-6H2,1-4H3. The van der Waals surface area contributed by atoms with Crippen LogP contribution in [0.15, 0.2) is 42.6 Å². The maximum absolute atomic E-state index is 11.7. The monoisotopic (exact) mass is 420 g/mol. The molecule has 0 saturated heterocycles. The first kappa shape index (κ1) is 20.6. The van der Waals surface area contributed by atoms with Gasteiger partial charge in [0.25, 0.3) is 0 Å². The van der Waals surface area contributed by atoms with Crippen molar-refractivity contribution in [3.8, 4) is 5.75 Å². The quantitative estimate of drug-likeness (QED) is 0.544. The number of benzene rings is 2. The third-order valence-electron chi connectivity index (χ3n) is 5.44. The highest BCUT2D eigenvalue weighted by atomic mass is 35.5. The van der Waals surface area contributed by atoms with Crippen molar-refractivity contribution in [2.75, 3.05) is 18.1 Å². The fourth-order valence-electron chi connectivity index (χ4n) is 3.99. The predicted octanol–water partition coefficient (Wildman–Crippen LogP) is 5.31. The van der Waals surface area contributed by atoms with Gasteiger partial charge in [0.05, 0.1) is 29.6 Å². The summed E-state index contributed by atoms with van der Waals surface area (Å²) in [4.78, 5) is 3.28. The minimum absolute atomic E-state index is 0.264. The van der Waals surface area contributed by atoms with Gasteiger partial charge in [0, 0.05) is 17.0 Å². The molecule has 0 amide bonds. The summed E-state index contributed by atoms with van der Waals surface area (Å²) in [5.41, 5.74) is 3.28. The van der Waals surface area contributed by atoms with Crippen LogP contribution in [0.2, 0.25) is 5.02 Å². The first-order valence-electron chi connectivity index (χ1n) is 9.18. The Labute approximate surface area is 171 Å². The molecule has 0 spiro atoms. The molecule has 28 heavy (non-hydrogen) atoms. The average Bonchev–Trinajstić information content (AvgIpc) is 3.09. The molecular weight excluding hydrogens is 396 g/mol. The van der Waals surface area contributed by atoms with E-state index in [-0.39, 0.29) is 5.41 Å². The highest BCUT2D eigenvalue weighted by Gasteiger charge is 2.34. The van der Waals surface area contributed by atoms with E-state index in [1.54, 1.807) is 13.2 Å². The minimum Gasteiger partial charge on any atom is -0.495 e. The molecule has 0 radical (unpaired) electrons. The molecule has 0 unspecified atom stereocenters. The van der Waals surface area contributed by atoms with Gasteiger partial charge in [-0.3, -0.25) is 4.72 Å². The maximum atomic E-state index is 11.7. The number of fused-ring (bicyclic) bond motifs is 1. The highest BCUT2D eigenvalue weighted by Crippen LogP contribution is 2.44. The number of anilines is 1. The van der Waals surface area contributed by atoms with Crippen molar-refractivity contribution in [2.24, 2.45) is 0 Å². The van der Waals surface area contributed by atoms with Crippen LogP contribution >= 0.6 is 11.6 Å². The van der Waals surface area contributed by atoms with Crippen LogP contribution in [-0.4, -0.2) is 26.8 Å². The fourth-order valence-corrected chi connectivity index (χ4v) is 4.75. The molecule has 0 bridgehead atoms. The van der Waals surface area contributed by atoms with Crippen LogP contribution in [-0.2, 0) is 15.4 Å². The molecule has 0 saturated carbocycles. The molecular formula is C21H25ClN2O3S. The molecule has 7 heteroatoms. The number of methoxy groups -OCH3 is 1. The van der Waals surface area contributed by atoms with Crippen LogP contribution in [0.3, 0.4) is 0 Å². The zero-order valence-electron chi connectivity index (χ0n) is 16.5. The Balaban J connectivity index is 2.23. The van der Waals surface area contributed by atoms with Crippen LogP contribution in [0.5, 0.6) is 5.75 Å². The zero-order chi connectivity index (χ0) is 20.5. The average molecular weight is 421 g/mol. The summed E-state index contributed by atoms with van der Waals surface area (Å²) >= 11 is 6.24. The van der Waals surface area contributed by atoms with Crippen LogP contribution in [0.4, 0.5) is 5.69 Å². The van der Waals surface area contributed by atoms with Gasteiger partial charge in [-0.15, -0.1) is 0 Å². The lowest BCUT2D eigenvalue weighted by atomic mass is 9.70. The second kappa shape index (κ2) is 7.68. The van der Waals surface area contributed by atoms with Gasteiger partial charge in [-0.25, -0.2) is 8.42 Å². The van der Waals surface area contributed by atoms with Gasteiger partial charge in [-0.2, -0.15) is 0 Å². The van der Waals surface area contributed by atoms with E-state index in [1.807, 2.05) is 36.5 Å². The summed E-state index contributed by atoms with van der Waals surface area (Å²) < 4.78 is 31.5. The summed E-state index contributed by atoms with van der Waals surface area (Å²) in [5.74, 6) is 0.643. The molecule has 1 aromatic heterocycles. The van der Waals surface area contributed by atoms with E-state index in [9.17, 15) is 8.42 Å². The maximum Gasteiger partial charge on any atom is 0.229 e. The Morgan fingerprint density at radius 1 is 1.18 bits per heavy atom. The Kier molecular flexibility index (Phi) is 5.64. The summed E-state index contributed by atoms with van der Waals surface area (Å²) in [7, 11) is -1.76. The molecule has 3 rings (SSSR count). The Hall–Kier alpha value is -2.18. The Morgan fingerprint density at radius 3 is 2.50 bits per heavy atom. The van der Waals surface area contributed by atoms with E-state index >= 15 is 0 Å². The number of H-pyrrole nitrogens is 1. The molecule has 150 valence electrons. The van der Waals surface area contributed by atoms with E-state index in [4.69, 9.17) is 16.3 Å². The van der Waals surface area contributed by atoms with Gasteiger partial charge < -0.3 is 9.72 Å². The number of ether oxygens (including phenoxy) is 1. The highest BCUT2D eigenvalue weighted by molar-refractivity contribution is 7.92. The summed E-state index contributed by atoms with van der Waals surface area (Å²) in [6, 6.07) is 11.5. The molecule has 2 N–H and O–H groups in total. The summed E-state index contributed by atoms with van der Waals surface area (Å²) in [5, 5.41) is 1.57. The number of sulfonamides is 1. The van der Waals surface area contributed by atoms with Crippen molar-refractivity contribution in [3.63, 3.8) is 0 Å². The van der Waals surface area contributed by atoms with Crippen molar-refractivity contribution >= 4 is 38.2 Å². The minimum atomic E-state index is -3.37. The van der Waals surface area contributed by atoms with E-state index in [0.29, 0.717) is 16.5 Å². The Morgan fingerprint density at radius 2 is 1.89 bits per heavy atom. The first-order chi connectivity index (χ1) is 13.3. The number of rotatable bonds is 7. The molecule has 0 fully saturated rings. The van der Waals surface area contributed by atoms with Crippen molar-refractivity contribution in [1.82, 2.24) is 4.98 Å². The lowest BCUT2D eigenvalue weighted by Gasteiger charge is -2.33. The van der Waals surface area contributed by atoms with Crippen molar-refractivity contribution in [2.45, 2.75) is 32.1 Å².